The van der Waals surface area contributed by atoms with Crippen molar-refractivity contribution >= 4 is 52.4 Å². The number of hydrogen-bond acceptors (Lipinski definition) is 12. The van der Waals surface area contributed by atoms with Crippen LogP contribution in [-0.2, 0) is 70.6 Å². The van der Waals surface area contributed by atoms with Crippen LogP contribution in [0.25, 0.3) is 0 Å². The Morgan fingerprint density at radius 2 is 0.412 bits per heavy atom. The summed E-state index contributed by atoms with van der Waals surface area (Å²) in [5.41, 5.74) is 0. The van der Waals surface area contributed by atoms with Gasteiger partial charge in [0.15, 0.2) is 0 Å². The second-order valence-electron chi connectivity index (χ2n) is 1.22. The van der Waals surface area contributed by atoms with Gasteiger partial charge in [-0.05, 0) is 0 Å². The van der Waals surface area contributed by atoms with Crippen molar-refractivity contribution < 1.29 is 93.2 Å². The third kappa shape index (κ3) is 864. The third-order valence-electron chi connectivity index (χ3n) is 0. The van der Waals surface area contributed by atoms with Crippen molar-refractivity contribution in [2.24, 2.45) is 0 Å². The summed E-state index contributed by atoms with van der Waals surface area (Å²) in [6, 6.07) is 0. The molecule has 17 heavy (non-hydrogen) atoms. The van der Waals surface area contributed by atoms with Crippen molar-refractivity contribution in [2.45, 2.75) is 0 Å². The van der Waals surface area contributed by atoms with Gasteiger partial charge in [0.2, 0.25) is 0 Å². The van der Waals surface area contributed by atoms with Crippen LogP contribution in [0.1, 0.15) is 0 Å². The summed E-state index contributed by atoms with van der Waals surface area (Å²) in [4.78, 5) is 0. The second-order valence-corrected chi connectivity index (χ2v) is 10.0. The van der Waals surface area contributed by atoms with Gasteiger partial charge in [-0.3, -0.25) is 0 Å². The van der Waals surface area contributed by atoms with Gasteiger partial charge in [-0.1, -0.05) is 0 Å². The maximum absolute atomic E-state index is 8.65. The molecule has 0 aliphatic heterocycles. The average molecular weight is 1160 g/mol. The van der Waals surface area contributed by atoms with Gasteiger partial charge in [0.1, 0.15) is 0 Å². The molecular formula is Bi2O12W3. The summed E-state index contributed by atoms with van der Waals surface area (Å²) in [6.07, 6.45) is 0. The van der Waals surface area contributed by atoms with E-state index < -0.39 is 50.2 Å². The molecular weight excluding hydrogens is 1160 g/mol. The molecule has 12 nitrogen and oxygen atoms in total. The molecule has 0 N–H and O–H groups in total. The van der Waals surface area contributed by atoms with E-state index in [-0.39, 0.29) is 52.4 Å². The predicted molar refractivity (Wildman–Crippen MR) is 15.6 cm³/mol. The van der Waals surface area contributed by atoms with Gasteiger partial charge < -0.3 is 0 Å². The summed E-state index contributed by atoms with van der Waals surface area (Å²) in [7, 11) is 0. The van der Waals surface area contributed by atoms with Crippen LogP contribution in [0.2, 0.25) is 0 Å². The Hall–Kier alpha value is 2.39. The van der Waals surface area contributed by atoms with Crippen molar-refractivity contribution in [3.05, 3.63) is 0 Å². The molecule has 0 fully saturated rings. The molecule has 0 bridgehead atoms. The van der Waals surface area contributed by atoms with Crippen LogP contribution in [0, 0.1) is 0 Å². The fourth-order valence-electron chi connectivity index (χ4n) is 0. The monoisotopic (exact) mass is 1160 g/mol. The molecule has 0 saturated heterocycles. The molecule has 0 atom stereocenters. The summed E-state index contributed by atoms with van der Waals surface area (Å²) in [5, 5.41) is 0. The molecule has 0 heterocycles. The maximum atomic E-state index is 8.65. The molecule has 17 heteroatoms. The molecule has 4 radical (unpaired) electrons. The second kappa shape index (κ2) is 13.4. The first kappa shape index (κ1) is 31.7. The van der Waals surface area contributed by atoms with Gasteiger partial charge in [-0.2, -0.15) is 0 Å². The fourth-order valence-corrected chi connectivity index (χ4v) is 0. The van der Waals surface area contributed by atoms with Crippen LogP contribution in [0.3, 0.4) is 0 Å². The first-order valence-corrected chi connectivity index (χ1v) is 16.4. The van der Waals surface area contributed by atoms with E-state index in [1.807, 2.05) is 0 Å². The van der Waals surface area contributed by atoms with Gasteiger partial charge in [-0.25, -0.2) is 0 Å². The van der Waals surface area contributed by atoms with Crippen LogP contribution in [0.4, 0.5) is 0 Å². The van der Waals surface area contributed by atoms with E-state index in [9.17, 15) is 0 Å². The van der Waals surface area contributed by atoms with Crippen LogP contribution in [-0.4, -0.2) is 52.4 Å². The average Bonchev–Trinajstić information content (AvgIpc) is 1.41. The first-order chi connectivity index (χ1) is 6.00. The molecule has 0 amide bonds. The van der Waals surface area contributed by atoms with Gasteiger partial charge in [0.05, 0.1) is 0 Å². The summed E-state index contributed by atoms with van der Waals surface area (Å²) in [5.74, 6) is 0. The molecule has 0 aliphatic carbocycles. The van der Waals surface area contributed by atoms with E-state index >= 15 is 0 Å². The normalized spacial score (nSPS) is 10.2. The van der Waals surface area contributed by atoms with Gasteiger partial charge >= 0.3 is 146 Å². The Balaban J connectivity index is -0.0000000400. The van der Waals surface area contributed by atoms with Crippen molar-refractivity contribution in [1.29, 1.82) is 0 Å². The van der Waals surface area contributed by atoms with E-state index in [1.165, 1.54) is 0 Å². The van der Waals surface area contributed by atoms with Crippen LogP contribution >= 0.6 is 0 Å². The van der Waals surface area contributed by atoms with E-state index in [4.69, 9.17) is 42.9 Å². The molecule has 0 aliphatic rings. The fraction of sp³-hybridized carbons (Fsp3) is 0. The topological polar surface area (TPSA) is 241 Å². The quantitative estimate of drug-likeness (QED) is 0.206. The summed E-state index contributed by atoms with van der Waals surface area (Å²) >= 11 is -18.5. The summed E-state index contributed by atoms with van der Waals surface area (Å²) in [6.45, 7) is 0. The van der Waals surface area contributed by atoms with E-state index in [2.05, 4.69) is 0 Å². The molecule has 0 aromatic heterocycles. The minimum absolute atomic E-state index is 0. The van der Waals surface area contributed by atoms with Crippen LogP contribution in [0.15, 0.2) is 0 Å². The molecule has 100 valence electrons. The Morgan fingerprint density at radius 1 is 0.412 bits per heavy atom. The molecule has 0 aromatic carbocycles. The van der Waals surface area contributed by atoms with Crippen LogP contribution < -0.4 is 22.6 Å². The Bertz CT molecular complexity index is 341. The molecule has 0 saturated carbocycles. The van der Waals surface area contributed by atoms with Crippen molar-refractivity contribution in [1.82, 2.24) is 0 Å². The first-order valence-electron chi connectivity index (χ1n) is 2.00. The van der Waals surface area contributed by atoms with Crippen molar-refractivity contribution in [2.75, 3.05) is 0 Å². The zero-order chi connectivity index (χ0) is 13.5. The van der Waals surface area contributed by atoms with E-state index in [0.29, 0.717) is 0 Å². The summed E-state index contributed by atoms with van der Waals surface area (Å²) < 4.78 is 104. The zero-order valence-corrected chi connectivity index (χ0v) is 22.8. The Kier molecular flexibility index (Phi) is 24.9. The molecule has 0 aromatic rings. The Labute approximate surface area is 143 Å². The van der Waals surface area contributed by atoms with Crippen LogP contribution in [0.5, 0.6) is 0 Å². The predicted octanol–water partition coefficient (Wildman–Crippen LogP) is -8.62. The minimum atomic E-state index is -6.17. The molecule has 0 spiro atoms. The number of rotatable bonds is 0. The van der Waals surface area contributed by atoms with Crippen molar-refractivity contribution in [3.63, 3.8) is 0 Å². The Morgan fingerprint density at radius 3 is 0.412 bits per heavy atom. The molecule has 0 unspecified atom stereocenters. The standard InChI is InChI=1S/2Bi.12O.3W/q2*+3;;;;;;;6*-1;;;. The van der Waals surface area contributed by atoms with Gasteiger partial charge in [0.25, 0.3) is 0 Å². The molecule has 0 rings (SSSR count). The number of hydrogen-bond donors (Lipinski definition) is 0. The van der Waals surface area contributed by atoms with Gasteiger partial charge in [0, 0.05) is 0 Å². The van der Waals surface area contributed by atoms with Gasteiger partial charge in [-0.15, -0.1) is 0 Å². The van der Waals surface area contributed by atoms with E-state index in [0.717, 1.165) is 0 Å². The van der Waals surface area contributed by atoms with E-state index in [1.54, 1.807) is 0 Å². The zero-order valence-electron chi connectivity index (χ0n) is 7.02. The SMILES string of the molecule is [Bi+3].[Bi+3].[O]=[W](=[O])([O-])[O-].[O]=[W](=[O])([O-])[O-].[O]=[W](=[O])([O-])[O-]. The third-order valence-corrected chi connectivity index (χ3v) is 0. The van der Waals surface area contributed by atoms with Crippen molar-refractivity contribution in [3.8, 4) is 0 Å².